The molecule has 4 rings (SSSR count). The molecular weight excluding hydrogens is 765 g/mol. The number of carbonyl (C=O) groups excluding carboxylic acids is 3. The molecule has 0 saturated carbocycles. The maximum atomic E-state index is 13.3. The number of Topliss-reactive ketones (excluding diaryl/α,β-unsaturated/α-hetero) is 2. The van der Waals surface area contributed by atoms with Crippen molar-refractivity contribution >= 4 is 75.4 Å². The summed E-state index contributed by atoms with van der Waals surface area (Å²) >= 11 is 0. The molecule has 0 radical (unpaired) electrons. The Balaban J connectivity index is 1.80. The lowest BCUT2D eigenvalue weighted by Gasteiger charge is -2.17. The molecule has 2 heterocycles. The van der Waals surface area contributed by atoms with Gasteiger partial charge in [-0.25, -0.2) is 4.68 Å². The zero-order chi connectivity index (χ0) is 38.4. The van der Waals surface area contributed by atoms with Gasteiger partial charge in [0.2, 0.25) is 0 Å². The molecule has 0 fully saturated rings. The molecule has 0 bridgehead atoms. The third-order valence-electron chi connectivity index (χ3n) is 6.63. The predicted octanol–water partition coefficient (Wildman–Crippen LogP) is 0.623. The summed E-state index contributed by atoms with van der Waals surface area (Å²) in [5, 5.41) is 20.9. The molecule has 0 saturated heterocycles. The van der Waals surface area contributed by atoms with Gasteiger partial charge in [0.1, 0.15) is 42.4 Å². The van der Waals surface area contributed by atoms with E-state index in [-0.39, 0.29) is 9.69 Å². The number of nitrogens with zero attached hydrogens (tertiary/aromatic N) is 4. The van der Waals surface area contributed by atoms with E-state index < -0.39 is 117 Å². The second kappa shape index (κ2) is 13.5. The lowest BCUT2D eigenvalue weighted by atomic mass is 10.1. The van der Waals surface area contributed by atoms with Crippen LogP contribution in [0.15, 0.2) is 91.0 Å². The first-order valence-corrected chi connectivity index (χ1v) is 19.1. The Bertz CT molecular complexity index is 2520. The number of ketones is 2. The van der Waals surface area contributed by atoms with Crippen LogP contribution in [0, 0.1) is 0 Å². The Morgan fingerprint density at radius 1 is 0.706 bits per heavy atom. The van der Waals surface area contributed by atoms with Gasteiger partial charge in [-0.15, -0.1) is 0 Å². The van der Waals surface area contributed by atoms with E-state index in [9.17, 15) is 71.4 Å². The Kier molecular flexibility index (Phi) is 10.2. The van der Waals surface area contributed by atoms with Crippen molar-refractivity contribution in [3.05, 3.63) is 77.5 Å². The highest BCUT2D eigenvalue weighted by Gasteiger charge is 2.39. The lowest BCUT2D eigenvalue weighted by molar-refractivity contribution is -0.278. The zero-order valence-electron chi connectivity index (χ0n) is 25.5. The molecule has 2 aromatic carbocycles. The summed E-state index contributed by atoms with van der Waals surface area (Å²) in [5.74, 6) is -4.32. The van der Waals surface area contributed by atoms with Crippen molar-refractivity contribution in [3.8, 4) is 11.6 Å². The number of allylic oxidation sites excluding steroid dienone is 4. The molecule has 270 valence electrons. The highest BCUT2D eigenvalue weighted by atomic mass is 32.2. The minimum absolute atomic E-state index is 0.168. The number of benzene rings is 2. The van der Waals surface area contributed by atoms with E-state index in [0.29, 0.717) is 24.3 Å². The molecule has 0 unspecified atom stereocenters. The minimum Gasteiger partial charge on any atom is -0.858 e. The Morgan fingerprint density at radius 3 is 1.57 bits per heavy atom. The van der Waals surface area contributed by atoms with E-state index in [0.717, 1.165) is 56.4 Å². The second-order valence-corrected chi connectivity index (χ2v) is 15.6. The molecular formula is C27H21N4O16S4-. The van der Waals surface area contributed by atoms with E-state index in [1.807, 2.05) is 0 Å². The molecule has 0 aliphatic carbocycles. The summed E-state index contributed by atoms with van der Waals surface area (Å²) in [6.07, 6.45) is 5.13. The van der Waals surface area contributed by atoms with Gasteiger partial charge in [-0.1, -0.05) is 36.4 Å². The van der Waals surface area contributed by atoms with E-state index in [1.54, 1.807) is 0 Å². The van der Waals surface area contributed by atoms with Gasteiger partial charge in [-0.3, -0.25) is 32.6 Å². The lowest BCUT2D eigenvalue weighted by Crippen LogP contribution is -2.25. The summed E-state index contributed by atoms with van der Waals surface area (Å²) in [6.45, 7) is 1.91. The Hall–Kier alpha value is -5.21. The van der Waals surface area contributed by atoms with Crippen molar-refractivity contribution in [1.29, 1.82) is 0 Å². The number of hydrogen-bond acceptors (Lipinski definition) is 14. The number of para-hydroxylation sites is 2. The van der Waals surface area contributed by atoms with Crippen LogP contribution in [-0.2, 0) is 50.1 Å². The molecule has 20 nitrogen and oxygen atoms in total. The van der Waals surface area contributed by atoms with Crippen molar-refractivity contribution in [3.63, 3.8) is 0 Å². The second-order valence-electron chi connectivity index (χ2n) is 10.1. The largest absolute Gasteiger partial charge is 0.858 e. The van der Waals surface area contributed by atoms with E-state index in [1.165, 1.54) is 0 Å². The normalized spacial score (nSPS) is 15.3. The smallest absolute Gasteiger partial charge is 0.296 e. The fourth-order valence-corrected chi connectivity index (χ4v) is 7.47. The van der Waals surface area contributed by atoms with Gasteiger partial charge in [-0.05, 0) is 36.2 Å². The van der Waals surface area contributed by atoms with Crippen LogP contribution in [0.1, 0.15) is 29.9 Å². The molecule has 1 aromatic heterocycles. The van der Waals surface area contributed by atoms with Gasteiger partial charge in [0.15, 0.2) is 11.6 Å². The number of hydrazone groups is 1. The van der Waals surface area contributed by atoms with Crippen LogP contribution >= 0.6 is 0 Å². The molecule has 1 amide bonds. The molecule has 1 aliphatic rings. The van der Waals surface area contributed by atoms with Crippen LogP contribution in [0.2, 0.25) is 0 Å². The average Bonchev–Trinajstić information content (AvgIpc) is 3.50. The van der Waals surface area contributed by atoms with Crippen LogP contribution < -0.4 is 10.1 Å². The third kappa shape index (κ3) is 7.76. The van der Waals surface area contributed by atoms with Crippen molar-refractivity contribution in [1.82, 2.24) is 9.78 Å². The predicted molar refractivity (Wildman–Crippen MR) is 171 cm³/mol. The average molecular weight is 786 g/mol. The van der Waals surface area contributed by atoms with Gasteiger partial charge in [-0.2, -0.15) is 48.9 Å². The Morgan fingerprint density at radius 2 is 1.16 bits per heavy atom. The van der Waals surface area contributed by atoms with E-state index in [4.69, 9.17) is 0 Å². The standard InChI is InChI=1S/C27H22N4O16S4/c1-14(32)22-16(26(34)30(28-22)24-18(48(36,37)38)10-6-11-19(24)49(39,40)41)8-4-3-5-9-17-23(15(2)33)29-31(27(17)35)25-20(50(42,43)44)12-7-13-21(25)51(45,46)47/h3-13,34H,1-2H3,(H,36,37,38)(H,39,40,41)(H,42,43,44)(H,45,46,47)/p-1/b5-3+,8-4+,17-9-. The number of carbonyl (C=O) groups is 3. The fraction of sp³-hybridized carbons (Fsp3) is 0.0741. The maximum Gasteiger partial charge on any atom is 0.296 e. The van der Waals surface area contributed by atoms with Crippen LogP contribution in [0.25, 0.3) is 11.8 Å². The van der Waals surface area contributed by atoms with Gasteiger partial charge >= 0.3 is 0 Å². The number of hydrogen-bond donors (Lipinski definition) is 4. The van der Waals surface area contributed by atoms with E-state index in [2.05, 4.69) is 10.2 Å². The molecule has 24 heteroatoms. The van der Waals surface area contributed by atoms with Crippen LogP contribution in [0.5, 0.6) is 5.88 Å². The minimum atomic E-state index is -5.24. The highest BCUT2D eigenvalue weighted by molar-refractivity contribution is 7.87. The maximum absolute atomic E-state index is 13.3. The van der Waals surface area contributed by atoms with Gasteiger partial charge in [0.05, 0.1) is 5.57 Å². The van der Waals surface area contributed by atoms with E-state index >= 15 is 0 Å². The van der Waals surface area contributed by atoms with Crippen LogP contribution in [0.3, 0.4) is 0 Å². The molecule has 1 aliphatic heterocycles. The topological polar surface area (TPSA) is 325 Å². The summed E-state index contributed by atoms with van der Waals surface area (Å²) < 4.78 is 135. The molecule has 4 N–H and O–H groups in total. The summed E-state index contributed by atoms with van der Waals surface area (Å²) in [5.41, 5.74) is -4.51. The SMILES string of the molecule is CC(=O)C1=NN(c2c(S(=O)(=O)O)cccc2S(=O)(=O)O)C(=O)\C1=C/C=C/C=C/c1c(C(C)=O)nn(-c2c(S(=O)(=O)O)cccc2S(=O)(=O)O)c1[O-]. The summed E-state index contributed by atoms with van der Waals surface area (Å²) in [4.78, 5) is 33.4. The summed E-state index contributed by atoms with van der Waals surface area (Å²) in [6, 6.07) is 4.49. The molecule has 51 heavy (non-hydrogen) atoms. The molecule has 0 atom stereocenters. The quantitative estimate of drug-likeness (QED) is 0.0896. The Labute approximate surface area is 288 Å². The van der Waals surface area contributed by atoms with Gasteiger partial charge in [0, 0.05) is 19.4 Å². The number of rotatable bonds is 11. The zero-order valence-corrected chi connectivity index (χ0v) is 28.7. The van der Waals surface area contributed by atoms with Gasteiger partial charge in [0.25, 0.3) is 46.4 Å². The summed E-state index contributed by atoms with van der Waals surface area (Å²) in [7, 11) is -21.0. The van der Waals surface area contributed by atoms with Crippen molar-refractivity contribution in [2.45, 2.75) is 33.4 Å². The van der Waals surface area contributed by atoms with Crippen molar-refractivity contribution in [2.24, 2.45) is 5.10 Å². The molecule has 0 spiro atoms. The first-order valence-electron chi connectivity index (χ1n) is 13.3. The van der Waals surface area contributed by atoms with Crippen molar-refractivity contribution in [2.75, 3.05) is 5.01 Å². The van der Waals surface area contributed by atoms with Crippen molar-refractivity contribution < 1.29 is 71.4 Å². The van der Waals surface area contributed by atoms with Crippen LogP contribution in [0.4, 0.5) is 5.69 Å². The van der Waals surface area contributed by atoms with Gasteiger partial charge < -0.3 is 5.11 Å². The number of amides is 1. The fourth-order valence-electron chi connectivity index (χ4n) is 4.58. The first-order chi connectivity index (χ1) is 23.4. The third-order valence-corrected chi connectivity index (χ3v) is 10.2. The highest BCUT2D eigenvalue weighted by Crippen LogP contribution is 2.36. The van der Waals surface area contributed by atoms with Crippen LogP contribution in [-0.4, -0.2) is 84.8 Å². The number of aromatic nitrogens is 2. The number of anilines is 1. The monoisotopic (exact) mass is 785 g/mol. The molecule has 3 aromatic rings. The first kappa shape index (κ1) is 38.6.